The van der Waals surface area contributed by atoms with E-state index >= 15 is 0 Å². The van der Waals surface area contributed by atoms with Crippen LogP contribution in [-0.2, 0) is 11.3 Å². The number of hydrogen-bond acceptors (Lipinski definition) is 3. The molecule has 1 aromatic carbocycles. The molecule has 0 saturated carbocycles. The SMILES string of the molecule is CCOCCCNCc1ccc(F)c(N2CCCCCC2)c1. The average Bonchev–Trinajstić information content (AvgIpc) is 2.81. The van der Waals surface area contributed by atoms with Crippen molar-refractivity contribution in [1.82, 2.24) is 5.32 Å². The molecule has 4 heteroatoms. The van der Waals surface area contributed by atoms with Crippen molar-refractivity contribution in [1.29, 1.82) is 0 Å². The zero-order valence-electron chi connectivity index (χ0n) is 13.7. The summed E-state index contributed by atoms with van der Waals surface area (Å²) < 4.78 is 19.5. The zero-order valence-corrected chi connectivity index (χ0v) is 13.7. The van der Waals surface area contributed by atoms with Crippen LogP contribution in [0, 0.1) is 5.82 Å². The van der Waals surface area contributed by atoms with Gasteiger partial charge in [-0.15, -0.1) is 0 Å². The number of ether oxygens (including phenoxy) is 1. The molecule has 1 aromatic rings. The lowest BCUT2D eigenvalue weighted by Gasteiger charge is -2.24. The maximum atomic E-state index is 14.1. The predicted molar refractivity (Wildman–Crippen MR) is 89.9 cm³/mol. The van der Waals surface area contributed by atoms with Crippen molar-refractivity contribution in [3.63, 3.8) is 0 Å². The van der Waals surface area contributed by atoms with Crippen molar-refractivity contribution in [2.75, 3.05) is 37.7 Å². The van der Waals surface area contributed by atoms with Gasteiger partial charge in [-0.05, 0) is 50.4 Å². The first kappa shape index (κ1) is 17.2. The largest absolute Gasteiger partial charge is 0.382 e. The van der Waals surface area contributed by atoms with Gasteiger partial charge in [-0.3, -0.25) is 0 Å². The van der Waals surface area contributed by atoms with Crippen molar-refractivity contribution < 1.29 is 9.13 Å². The molecule has 0 radical (unpaired) electrons. The first-order valence-electron chi connectivity index (χ1n) is 8.63. The van der Waals surface area contributed by atoms with Gasteiger partial charge < -0.3 is 15.0 Å². The average molecular weight is 308 g/mol. The molecular weight excluding hydrogens is 279 g/mol. The van der Waals surface area contributed by atoms with E-state index in [1.807, 2.05) is 19.1 Å². The summed E-state index contributed by atoms with van der Waals surface area (Å²) in [4.78, 5) is 2.21. The zero-order chi connectivity index (χ0) is 15.6. The van der Waals surface area contributed by atoms with Gasteiger partial charge in [0.05, 0.1) is 5.69 Å². The monoisotopic (exact) mass is 308 g/mol. The molecule has 0 aromatic heterocycles. The first-order valence-corrected chi connectivity index (χ1v) is 8.63. The molecule has 1 aliphatic heterocycles. The number of halogens is 1. The Hall–Kier alpha value is -1.13. The number of anilines is 1. The quantitative estimate of drug-likeness (QED) is 0.741. The van der Waals surface area contributed by atoms with E-state index in [0.717, 1.165) is 57.1 Å². The molecule has 124 valence electrons. The Labute approximate surface area is 133 Å². The van der Waals surface area contributed by atoms with Crippen LogP contribution in [0.2, 0.25) is 0 Å². The topological polar surface area (TPSA) is 24.5 Å². The second kappa shape index (κ2) is 9.80. The maximum absolute atomic E-state index is 14.1. The fraction of sp³-hybridized carbons (Fsp3) is 0.667. The van der Waals surface area contributed by atoms with Gasteiger partial charge >= 0.3 is 0 Å². The predicted octanol–water partition coefficient (Wildman–Crippen LogP) is 3.72. The third-order valence-electron chi connectivity index (χ3n) is 4.13. The van der Waals surface area contributed by atoms with Crippen LogP contribution >= 0.6 is 0 Å². The minimum Gasteiger partial charge on any atom is -0.382 e. The van der Waals surface area contributed by atoms with E-state index in [1.165, 1.54) is 25.7 Å². The van der Waals surface area contributed by atoms with E-state index in [4.69, 9.17) is 4.74 Å². The number of rotatable bonds is 8. The lowest BCUT2D eigenvalue weighted by atomic mass is 10.1. The van der Waals surface area contributed by atoms with E-state index in [2.05, 4.69) is 10.2 Å². The molecule has 1 heterocycles. The van der Waals surface area contributed by atoms with Crippen molar-refractivity contribution in [2.45, 2.75) is 45.6 Å². The molecule has 0 spiro atoms. The van der Waals surface area contributed by atoms with Crippen LogP contribution in [0.25, 0.3) is 0 Å². The van der Waals surface area contributed by atoms with E-state index in [1.54, 1.807) is 6.07 Å². The van der Waals surface area contributed by atoms with Gasteiger partial charge in [-0.2, -0.15) is 0 Å². The van der Waals surface area contributed by atoms with Crippen molar-refractivity contribution >= 4 is 5.69 Å². The Morgan fingerprint density at radius 1 is 1.18 bits per heavy atom. The van der Waals surface area contributed by atoms with Crippen LogP contribution in [0.15, 0.2) is 18.2 Å². The van der Waals surface area contributed by atoms with E-state index in [0.29, 0.717) is 0 Å². The summed E-state index contributed by atoms with van der Waals surface area (Å²) in [7, 11) is 0. The van der Waals surface area contributed by atoms with Crippen LogP contribution in [0.5, 0.6) is 0 Å². The summed E-state index contributed by atoms with van der Waals surface area (Å²) >= 11 is 0. The highest BCUT2D eigenvalue weighted by Gasteiger charge is 2.14. The molecule has 2 rings (SSSR count). The summed E-state index contributed by atoms with van der Waals surface area (Å²) in [6.07, 6.45) is 5.87. The molecule has 0 unspecified atom stereocenters. The molecule has 1 N–H and O–H groups in total. The molecule has 0 amide bonds. The number of nitrogens with one attached hydrogen (secondary N) is 1. The van der Waals surface area contributed by atoms with Crippen molar-refractivity contribution in [3.05, 3.63) is 29.6 Å². The fourth-order valence-electron chi connectivity index (χ4n) is 2.90. The van der Waals surface area contributed by atoms with Crippen LogP contribution < -0.4 is 10.2 Å². The molecule has 0 aliphatic carbocycles. The lowest BCUT2D eigenvalue weighted by Crippen LogP contribution is -2.25. The summed E-state index contributed by atoms with van der Waals surface area (Å²) in [5.41, 5.74) is 1.92. The van der Waals surface area contributed by atoms with E-state index < -0.39 is 0 Å². The van der Waals surface area contributed by atoms with Gasteiger partial charge in [-0.1, -0.05) is 18.9 Å². The highest BCUT2D eigenvalue weighted by Crippen LogP contribution is 2.24. The van der Waals surface area contributed by atoms with Gasteiger partial charge in [-0.25, -0.2) is 4.39 Å². The highest BCUT2D eigenvalue weighted by atomic mass is 19.1. The first-order chi connectivity index (χ1) is 10.8. The van der Waals surface area contributed by atoms with Gasteiger partial charge in [0.25, 0.3) is 0 Å². The summed E-state index contributed by atoms with van der Waals surface area (Å²) in [6.45, 7) is 7.24. The van der Waals surface area contributed by atoms with Crippen molar-refractivity contribution in [3.8, 4) is 0 Å². The van der Waals surface area contributed by atoms with Gasteiger partial charge in [0.1, 0.15) is 5.82 Å². The fourth-order valence-corrected chi connectivity index (χ4v) is 2.90. The third-order valence-corrected chi connectivity index (χ3v) is 4.13. The number of nitrogens with zero attached hydrogens (tertiary/aromatic N) is 1. The molecule has 3 nitrogen and oxygen atoms in total. The normalized spacial score (nSPS) is 15.8. The van der Waals surface area contributed by atoms with Crippen LogP contribution in [-0.4, -0.2) is 32.8 Å². The summed E-state index contributed by atoms with van der Waals surface area (Å²) in [5.74, 6) is -0.0954. The molecule has 1 fully saturated rings. The minimum atomic E-state index is -0.0954. The van der Waals surface area contributed by atoms with E-state index in [9.17, 15) is 4.39 Å². The van der Waals surface area contributed by atoms with Gasteiger partial charge in [0, 0.05) is 32.8 Å². The second-order valence-electron chi connectivity index (χ2n) is 5.91. The number of benzene rings is 1. The third kappa shape index (κ3) is 5.58. The Kier molecular flexibility index (Phi) is 7.67. The van der Waals surface area contributed by atoms with Gasteiger partial charge in [0.15, 0.2) is 0 Å². The highest BCUT2D eigenvalue weighted by molar-refractivity contribution is 5.50. The summed E-state index contributed by atoms with van der Waals surface area (Å²) in [6, 6.07) is 5.50. The van der Waals surface area contributed by atoms with Crippen molar-refractivity contribution in [2.24, 2.45) is 0 Å². The Bertz CT molecular complexity index is 431. The Morgan fingerprint density at radius 3 is 2.68 bits per heavy atom. The smallest absolute Gasteiger partial charge is 0.146 e. The van der Waals surface area contributed by atoms with Crippen LogP contribution in [0.1, 0.15) is 44.6 Å². The van der Waals surface area contributed by atoms with Crippen LogP contribution in [0.3, 0.4) is 0 Å². The molecule has 0 atom stereocenters. The molecule has 0 bridgehead atoms. The second-order valence-corrected chi connectivity index (χ2v) is 5.91. The Balaban J connectivity index is 1.86. The molecule has 1 aliphatic rings. The van der Waals surface area contributed by atoms with Crippen LogP contribution in [0.4, 0.5) is 10.1 Å². The minimum absolute atomic E-state index is 0.0954. The standard InChI is InChI=1S/C18H29FN2O/c1-2-22-13-7-10-20-15-16-8-9-17(19)18(14-16)21-11-5-3-4-6-12-21/h8-9,14,20H,2-7,10-13,15H2,1H3. The molecular formula is C18H29FN2O. The molecule has 22 heavy (non-hydrogen) atoms. The lowest BCUT2D eigenvalue weighted by molar-refractivity contribution is 0.144. The Morgan fingerprint density at radius 2 is 1.95 bits per heavy atom. The van der Waals surface area contributed by atoms with Gasteiger partial charge in [0.2, 0.25) is 0 Å². The van der Waals surface area contributed by atoms with E-state index in [-0.39, 0.29) is 5.82 Å². The summed E-state index contributed by atoms with van der Waals surface area (Å²) in [5, 5.41) is 3.40. The molecule has 1 saturated heterocycles. The number of hydrogen-bond donors (Lipinski definition) is 1. The maximum Gasteiger partial charge on any atom is 0.146 e.